The standard InChI is InChI=1S/C15H15FN2/c16-14-7-13(8-18-9-14)15(17)12-5-4-10-2-1-3-11(10)6-12/h4-9,15H,1-3,17H2. The number of pyridine rings is 1. The van der Waals surface area contributed by atoms with Gasteiger partial charge in [0.25, 0.3) is 0 Å². The van der Waals surface area contributed by atoms with Gasteiger partial charge in [-0.25, -0.2) is 4.39 Å². The van der Waals surface area contributed by atoms with Gasteiger partial charge in [-0.15, -0.1) is 0 Å². The molecule has 0 saturated carbocycles. The highest BCUT2D eigenvalue weighted by atomic mass is 19.1. The minimum Gasteiger partial charge on any atom is -0.320 e. The molecule has 0 saturated heterocycles. The maximum Gasteiger partial charge on any atom is 0.141 e. The number of aryl methyl sites for hydroxylation is 2. The van der Waals surface area contributed by atoms with Crippen molar-refractivity contribution in [2.75, 3.05) is 0 Å². The lowest BCUT2D eigenvalue weighted by Crippen LogP contribution is -2.12. The van der Waals surface area contributed by atoms with Gasteiger partial charge >= 0.3 is 0 Å². The molecule has 2 aromatic rings. The van der Waals surface area contributed by atoms with Crippen molar-refractivity contribution in [3.8, 4) is 0 Å². The van der Waals surface area contributed by atoms with Crippen molar-refractivity contribution in [3.63, 3.8) is 0 Å². The first kappa shape index (κ1) is 11.4. The van der Waals surface area contributed by atoms with E-state index in [1.54, 1.807) is 6.20 Å². The Morgan fingerprint density at radius 2 is 1.89 bits per heavy atom. The molecule has 2 nitrogen and oxygen atoms in total. The quantitative estimate of drug-likeness (QED) is 0.879. The average Bonchev–Trinajstić information content (AvgIpc) is 2.85. The zero-order chi connectivity index (χ0) is 12.5. The van der Waals surface area contributed by atoms with Crippen LogP contribution in [0.5, 0.6) is 0 Å². The number of hydrogen-bond acceptors (Lipinski definition) is 2. The van der Waals surface area contributed by atoms with Crippen LogP contribution < -0.4 is 5.73 Å². The van der Waals surface area contributed by atoms with Crippen molar-refractivity contribution in [3.05, 3.63) is 64.7 Å². The van der Waals surface area contributed by atoms with E-state index in [0.29, 0.717) is 5.56 Å². The molecule has 92 valence electrons. The van der Waals surface area contributed by atoms with Gasteiger partial charge in [-0.05, 0) is 47.6 Å². The van der Waals surface area contributed by atoms with Gasteiger partial charge in [-0.1, -0.05) is 18.2 Å². The third-order valence-corrected chi connectivity index (χ3v) is 3.57. The molecule has 1 aromatic heterocycles. The highest BCUT2D eigenvalue weighted by Gasteiger charge is 2.15. The summed E-state index contributed by atoms with van der Waals surface area (Å²) in [6, 6.07) is 7.48. The van der Waals surface area contributed by atoms with Gasteiger partial charge in [-0.3, -0.25) is 4.98 Å². The van der Waals surface area contributed by atoms with Crippen LogP contribution in [-0.2, 0) is 12.8 Å². The number of aromatic nitrogens is 1. The summed E-state index contributed by atoms with van der Waals surface area (Å²) in [5.74, 6) is -0.343. The number of fused-ring (bicyclic) bond motifs is 1. The highest BCUT2D eigenvalue weighted by Crippen LogP contribution is 2.27. The summed E-state index contributed by atoms with van der Waals surface area (Å²) in [6.45, 7) is 0. The predicted molar refractivity (Wildman–Crippen MR) is 68.7 cm³/mol. The Kier molecular flexibility index (Phi) is 2.84. The van der Waals surface area contributed by atoms with E-state index in [1.165, 1.54) is 29.8 Å². The van der Waals surface area contributed by atoms with E-state index in [2.05, 4.69) is 17.1 Å². The summed E-state index contributed by atoms with van der Waals surface area (Å²) in [7, 11) is 0. The SMILES string of the molecule is NC(c1cncc(F)c1)c1ccc2c(c1)CCC2. The Morgan fingerprint density at radius 3 is 2.72 bits per heavy atom. The Labute approximate surface area is 106 Å². The van der Waals surface area contributed by atoms with Gasteiger partial charge in [0.15, 0.2) is 0 Å². The van der Waals surface area contributed by atoms with Gasteiger partial charge in [-0.2, -0.15) is 0 Å². The monoisotopic (exact) mass is 242 g/mol. The summed E-state index contributed by atoms with van der Waals surface area (Å²) < 4.78 is 13.1. The summed E-state index contributed by atoms with van der Waals surface area (Å²) in [5, 5.41) is 0. The summed E-state index contributed by atoms with van der Waals surface area (Å²) in [4.78, 5) is 3.85. The third-order valence-electron chi connectivity index (χ3n) is 3.57. The van der Waals surface area contributed by atoms with E-state index in [4.69, 9.17) is 5.73 Å². The molecule has 3 heteroatoms. The van der Waals surface area contributed by atoms with Crippen LogP contribution in [0.25, 0.3) is 0 Å². The fourth-order valence-corrected chi connectivity index (χ4v) is 2.58. The molecule has 0 fully saturated rings. The molecular formula is C15H15FN2. The number of nitrogens with two attached hydrogens (primary N) is 1. The topological polar surface area (TPSA) is 38.9 Å². The first-order valence-electron chi connectivity index (χ1n) is 6.22. The second kappa shape index (κ2) is 4.50. The Balaban J connectivity index is 1.95. The minimum atomic E-state index is -0.343. The number of hydrogen-bond donors (Lipinski definition) is 1. The van der Waals surface area contributed by atoms with Crippen LogP contribution in [0.1, 0.15) is 34.7 Å². The highest BCUT2D eigenvalue weighted by molar-refractivity contribution is 5.39. The lowest BCUT2D eigenvalue weighted by Gasteiger charge is -2.13. The molecule has 18 heavy (non-hydrogen) atoms. The second-order valence-corrected chi connectivity index (χ2v) is 4.80. The number of nitrogens with zero attached hydrogens (tertiary/aromatic N) is 1. The smallest absolute Gasteiger partial charge is 0.141 e. The molecular weight excluding hydrogens is 227 g/mol. The number of rotatable bonds is 2. The van der Waals surface area contributed by atoms with Crippen molar-refractivity contribution in [2.45, 2.75) is 25.3 Å². The number of halogens is 1. The van der Waals surface area contributed by atoms with Crippen molar-refractivity contribution in [2.24, 2.45) is 5.73 Å². The van der Waals surface area contributed by atoms with Crippen LogP contribution in [0.15, 0.2) is 36.7 Å². The minimum absolute atomic E-state index is 0.306. The zero-order valence-electron chi connectivity index (χ0n) is 10.1. The fourth-order valence-electron chi connectivity index (χ4n) is 2.58. The first-order chi connectivity index (χ1) is 8.74. The summed E-state index contributed by atoms with van der Waals surface area (Å²) in [6.07, 6.45) is 6.32. The second-order valence-electron chi connectivity index (χ2n) is 4.80. The van der Waals surface area contributed by atoms with Gasteiger partial charge < -0.3 is 5.73 Å². The summed E-state index contributed by atoms with van der Waals surface area (Å²) in [5.41, 5.74) is 10.7. The molecule has 0 bridgehead atoms. The maximum atomic E-state index is 13.1. The van der Waals surface area contributed by atoms with Crippen molar-refractivity contribution >= 4 is 0 Å². The largest absolute Gasteiger partial charge is 0.320 e. The molecule has 0 amide bonds. The lowest BCUT2D eigenvalue weighted by molar-refractivity contribution is 0.616. The van der Waals surface area contributed by atoms with E-state index in [1.807, 2.05) is 6.07 Å². The van der Waals surface area contributed by atoms with Crippen molar-refractivity contribution in [1.82, 2.24) is 4.98 Å². The van der Waals surface area contributed by atoms with Crippen LogP contribution >= 0.6 is 0 Å². The van der Waals surface area contributed by atoms with Crippen LogP contribution in [0.2, 0.25) is 0 Å². The molecule has 0 aliphatic heterocycles. The fraction of sp³-hybridized carbons (Fsp3) is 0.267. The normalized spacial score (nSPS) is 15.4. The van der Waals surface area contributed by atoms with Crippen LogP contribution in [0.4, 0.5) is 4.39 Å². The third kappa shape index (κ3) is 2.02. The van der Waals surface area contributed by atoms with Crippen LogP contribution in [0.3, 0.4) is 0 Å². The average molecular weight is 242 g/mol. The molecule has 1 aromatic carbocycles. The Hall–Kier alpha value is -1.74. The van der Waals surface area contributed by atoms with Crippen LogP contribution in [-0.4, -0.2) is 4.98 Å². The van der Waals surface area contributed by atoms with Crippen molar-refractivity contribution in [1.29, 1.82) is 0 Å². The Bertz CT molecular complexity index is 580. The number of benzene rings is 1. The van der Waals surface area contributed by atoms with Crippen molar-refractivity contribution < 1.29 is 4.39 Å². The van der Waals surface area contributed by atoms with E-state index in [-0.39, 0.29) is 11.9 Å². The maximum absolute atomic E-state index is 13.1. The Morgan fingerprint density at radius 1 is 1.06 bits per heavy atom. The van der Waals surface area contributed by atoms with E-state index < -0.39 is 0 Å². The molecule has 1 heterocycles. The molecule has 0 spiro atoms. The predicted octanol–water partition coefficient (Wildman–Crippen LogP) is 2.76. The van der Waals surface area contributed by atoms with Gasteiger partial charge in [0, 0.05) is 6.20 Å². The molecule has 3 rings (SSSR count). The first-order valence-corrected chi connectivity index (χ1v) is 6.22. The molecule has 0 radical (unpaired) electrons. The van der Waals surface area contributed by atoms with Gasteiger partial charge in [0.05, 0.1) is 12.2 Å². The van der Waals surface area contributed by atoms with Gasteiger partial charge in [0.1, 0.15) is 5.82 Å². The molecule has 1 atom stereocenters. The molecule has 2 N–H and O–H groups in total. The molecule has 1 unspecified atom stereocenters. The van der Waals surface area contributed by atoms with Crippen LogP contribution in [0, 0.1) is 5.82 Å². The molecule has 1 aliphatic carbocycles. The van der Waals surface area contributed by atoms with E-state index in [9.17, 15) is 4.39 Å². The van der Waals surface area contributed by atoms with E-state index in [0.717, 1.165) is 18.4 Å². The van der Waals surface area contributed by atoms with E-state index >= 15 is 0 Å². The van der Waals surface area contributed by atoms with Gasteiger partial charge in [0.2, 0.25) is 0 Å². The zero-order valence-corrected chi connectivity index (χ0v) is 10.1. The lowest BCUT2D eigenvalue weighted by atomic mass is 9.97. The molecule has 1 aliphatic rings. The summed E-state index contributed by atoms with van der Waals surface area (Å²) >= 11 is 0.